The summed E-state index contributed by atoms with van der Waals surface area (Å²) < 4.78 is 0. The van der Waals surface area contributed by atoms with E-state index in [0.717, 1.165) is 12.4 Å². The number of halogens is 1. The molecular formula is C15H24ClN5S. The van der Waals surface area contributed by atoms with Gasteiger partial charge in [-0.3, -0.25) is 0 Å². The Kier molecular flexibility index (Phi) is 5.45. The number of thiocarbonyl (C=S) groups is 1. The van der Waals surface area contributed by atoms with Crippen LogP contribution < -0.4 is 15.5 Å². The maximum Gasteiger partial charge on any atom is 0.232 e. The summed E-state index contributed by atoms with van der Waals surface area (Å²) in [4.78, 5) is 11.1. The monoisotopic (exact) mass is 341 g/mol. The molecule has 1 aromatic rings. The second kappa shape index (κ2) is 6.96. The summed E-state index contributed by atoms with van der Waals surface area (Å²) in [5.74, 6) is 1.29. The first kappa shape index (κ1) is 17.2. The highest BCUT2D eigenvalue weighted by Crippen LogP contribution is 2.25. The first-order valence-corrected chi connectivity index (χ1v) is 8.43. The molecule has 1 unspecified atom stereocenters. The molecule has 1 aliphatic rings. The second-order valence-corrected chi connectivity index (χ2v) is 7.54. The number of nitrogens with one attached hydrogen (secondary N) is 2. The quantitative estimate of drug-likeness (QED) is 0.633. The average Bonchev–Trinajstić information content (AvgIpc) is 2.35. The molecule has 1 aromatic heterocycles. The van der Waals surface area contributed by atoms with Gasteiger partial charge in [0.05, 0.1) is 0 Å². The van der Waals surface area contributed by atoms with Crippen LogP contribution in [-0.4, -0.2) is 33.2 Å². The molecule has 0 spiro atoms. The van der Waals surface area contributed by atoms with Crippen LogP contribution in [0.5, 0.6) is 0 Å². The smallest absolute Gasteiger partial charge is 0.232 e. The molecule has 122 valence electrons. The molecule has 7 heteroatoms. The topological polar surface area (TPSA) is 53.1 Å². The summed E-state index contributed by atoms with van der Waals surface area (Å²) in [5.41, 5.74) is -0.118. The van der Waals surface area contributed by atoms with Gasteiger partial charge in [0.25, 0.3) is 0 Å². The molecule has 1 fully saturated rings. The Labute approximate surface area is 142 Å². The van der Waals surface area contributed by atoms with Crippen molar-refractivity contribution in [3.8, 4) is 0 Å². The minimum absolute atomic E-state index is 0.118. The minimum atomic E-state index is -0.118. The lowest BCUT2D eigenvalue weighted by Crippen LogP contribution is -2.43. The van der Waals surface area contributed by atoms with E-state index in [1.807, 2.05) is 26.8 Å². The average molecular weight is 342 g/mol. The molecule has 1 aliphatic heterocycles. The van der Waals surface area contributed by atoms with E-state index in [-0.39, 0.29) is 5.54 Å². The molecule has 0 aromatic carbocycles. The highest BCUT2D eigenvalue weighted by atomic mass is 35.5. The van der Waals surface area contributed by atoms with Crippen molar-refractivity contribution in [3.05, 3.63) is 11.2 Å². The lowest BCUT2D eigenvalue weighted by atomic mass is 10.0. The molecule has 0 aliphatic carbocycles. The number of aromatic nitrogens is 2. The van der Waals surface area contributed by atoms with Crippen molar-refractivity contribution >= 4 is 40.7 Å². The van der Waals surface area contributed by atoms with Crippen LogP contribution in [0.3, 0.4) is 0 Å². The third kappa shape index (κ3) is 4.95. The third-order valence-corrected chi connectivity index (χ3v) is 3.89. The fraction of sp³-hybridized carbons (Fsp3) is 0.667. The van der Waals surface area contributed by atoms with Crippen LogP contribution in [-0.2, 0) is 0 Å². The largest absolute Gasteiger partial charge is 0.358 e. The minimum Gasteiger partial charge on any atom is -0.358 e. The van der Waals surface area contributed by atoms with Crippen LogP contribution in [0.25, 0.3) is 0 Å². The molecule has 2 rings (SSSR count). The molecule has 2 N–H and O–H groups in total. The summed E-state index contributed by atoms with van der Waals surface area (Å²) in [5, 5.41) is 7.11. The summed E-state index contributed by atoms with van der Waals surface area (Å²) in [6.45, 7) is 9.34. The maximum absolute atomic E-state index is 6.15. The van der Waals surface area contributed by atoms with Gasteiger partial charge in [-0.2, -0.15) is 4.98 Å². The van der Waals surface area contributed by atoms with Crippen LogP contribution in [0.1, 0.15) is 47.0 Å². The first-order valence-electron chi connectivity index (χ1n) is 7.65. The molecule has 0 amide bonds. The van der Waals surface area contributed by atoms with Crippen molar-refractivity contribution in [1.82, 2.24) is 15.3 Å². The zero-order chi connectivity index (χ0) is 16.3. The Balaban J connectivity index is 2.14. The Hall–Kier alpha value is -1.14. The van der Waals surface area contributed by atoms with E-state index in [1.165, 1.54) is 19.3 Å². The number of anilines is 2. The van der Waals surface area contributed by atoms with Crippen LogP contribution in [0.2, 0.25) is 5.15 Å². The number of hydrogen-bond acceptors (Lipinski definition) is 4. The number of rotatable bonds is 2. The summed E-state index contributed by atoms with van der Waals surface area (Å²) in [7, 11) is 0. The molecule has 0 bridgehead atoms. The van der Waals surface area contributed by atoms with Crippen LogP contribution in [0.4, 0.5) is 11.8 Å². The normalized spacial score (nSPS) is 19.0. The van der Waals surface area contributed by atoms with Crippen LogP contribution in [0.15, 0.2) is 6.07 Å². The molecular weight excluding hydrogens is 318 g/mol. The second-order valence-electron chi connectivity index (χ2n) is 6.74. The highest BCUT2D eigenvalue weighted by molar-refractivity contribution is 7.80. The van der Waals surface area contributed by atoms with E-state index in [1.54, 1.807) is 0 Å². The Morgan fingerprint density at radius 2 is 2.09 bits per heavy atom. The van der Waals surface area contributed by atoms with Crippen molar-refractivity contribution in [2.75, 3.05) is 16.8 Å². The Morgan fingerprint density at radius 1 is 1.36 bits per heavy atom. The number of hydrogen-bond donors (Lipinski definition) is 2. The van der Waals surface area contributed by atoms with Gasteiger partial charge >= 0.3 is 0 Å². The van der Waals surface area contributed by atoms with E-state index < -0.39 is 0 Å². The van der Waals surface area contributed by atoms with Crippen molar-refractivity contribution in [2.24, 2.45) is 0 Å². The third-order valence-electron chi connectivity index (χ3n) is 3.49. The van der Waals surface area contributed by atoms with Crippen LogP contribution in [0, 0.1) is 0 Å². The summed E-state index contributed by atoms with van der Waals surface area (Å²) >= 11 is 11.4. The van der Waals surface area contributed by atoms with Gasteiger partial charge < -0.3 is 15.5 Å². The zero-order valence-electron chi connectivity index (χ0n) is 13.6. The van der Waals surface area contributed by atoms with E-state index in [0.29, 0.717) is 22.3 Å². The number of nitrogens with zero attached hydrogens (tertiary/aromatic N) is 3. The van der Waals surface area contributed by atoms with Crippen molar-refractivity contribution in [3.63, 3.8) is 0 Å². The van der Waals surface area contributed by atoms with E-state index in [2.05, 4.69) is 32.4 Å². The Bertz CT molecular complexity index is 543. The lowest BCUT2D eigenvalue weighted by Gasteiger charge is -2.34. The predicted molar refractivity (Wildman–Crippen MR) is 96.8 cm³/mol. The SMILES string of the molecule is CC1CCCCN1c1cc(Cl)nc(NC(=S)NC(C)(C)C)n1. The van der Waals surface area contributed by atoms with Gasteiger partial charge in [-0.15, -0.1) is 0 Å². The molecule has 1 saturated heterocycles. The molecule has 1 atom stereocenters. The standard InChI is InChI=1S/C15H24ClN5S/c1-10-7-5-6-8-21(10)12-9-11(16)17-13(18-12)19-14(22)20-15(2,3)4/h9-10H,5-8H2,1-4H3,(H2,17,18,19,20,22). The van der Waals surface area contributed by atoms with Gasteiger partial charge in [0, 0.05) is 24.2 Å². The van der Waals surface area contributed by atoms with Crippen LogP contribution >= 0.6 is 23.8 Å². The first-order chi connectivity index (χ1) is 10.2. The predicted octanol–water partition coefficient (Wildman–Crippen LogP) is 3.59. The van der Waals surface area contributed by atoms with Gasteiger partial charge in [0.2, 0.25) is 5.95 Å². The van der Waals surface area contributed by atoms with Gasteiger partial charge in [0.15, 0.2) is 5.11 Å². The van der Waals surface area contributed by atoms with Gasteiger partial charge in [-0.05, 0) is 59.2 Å². The Morgan fingerprint density at radius 3 is 2.73 bits per heavy atom. The molecule has 5 nitrogen and oxygen atoms in total. The number of piperidine rings is 1. The fourth-order valence-corrected chi connectivity index (χ4v) is 3.10. The summed E-state index contributed by atoms with van der Waals surface area (Å²) in [6, 6.07) is 2.28. The van der Waals surface area contributed by atoms with Gasteiger partial charge in [0.1, 0.15) is 11.0 Å². The maximum atomic E-state index is 6.15. The lowest BCUT2D eigenvalue weighted by molar-refractivity contribution is 0.481. The van der Waals surface area contributed by atoms with E-state index >= 15 is 0 Å². The van der Waals surface area contributed by atoms with Gasteiger partial charge in [-0.1, -0.05) is 11.6 Å². The van der Waals surface area contributed by atoms with E-state index in [9.17, 15) is 0 Å². The van der Waals surface area contributed by atoms with Crippen molar-refractivity contribution < 1.29 is 0 Å². The molecule has 0 saturated carbocycles. The fourth-order valence-electron chi connectivity index (χ4n) is 2.52. The van der Waals surface area contributed by atoms with Gasteiger partial charge in [-0.25, -0.2) is 4.98 Å². The zero-order valence-corrected chi connectivity index (χ0v) is 15.2. The molecule has 0 radical (unpaired) electrons. The van der Waals surface area contributed by atoms with Crippen molar-refractivity contribution in [1.29, 1.82) is 0 Å². The van der Waals surface area contributed by atoms with Crippen molar-refractivity contribution in [2.45, 2.75) is 58.5 Å². The van der Waals surface area contributed by atoms with E-state index in [4.69, 9.17) is 23.8 Å². The summed E-state index contributed by atoms with van der Waals surface area (Å²) in [6.07, 6.45) is 3.62. The molecule has 22 heavy (non-hydrogen) atoms. The highest BCUT2D eigenvalue weighted by Gasteiger charge is 2.21. The molecule has 2 heterocycles.